The monoisotopic (exact) mass is 290 g/mol. The smallest absolute Gasteiger partial charge is 0.0612 e. The van der Waals surface area contributed by atoms with Crippen molar-refractivity contribution in [2.45, 2.75) is 6.54 Å². The maximum atomic E-state index is 5.99. The summed E-state index contributed by atoms with van der Waals surface area (Å²) in [5, 5.41) is 5.71. The summed E-state index contributed by atoms with van der Waals surface area (Å²) in [7, 11) is 0. The highest BCUT2D eigenvalue weighted by Crippen LogP contribution is 2.26. The quantitative estimate of drug-likeness (QED) is 0.691. The van der Waals surface area contributed by atoms with Gasteiger partial charge in [-0.25, -0.2) is 0 Å². The molecule has 0 amide bonds. The minimum absolute atomic E-state index is 0.561. The number of aromatic amines is 1. The van der Waals surface area contributed by atoms with Crippen molar-refractivity contribution in [3.05, 3.63) is 64.3 Å². The molecule has 0 aliphatic rings. The van der Waals surface area contributed by atoms with Gasteiger partial charge in [0.2, 0.25) is 0 Å². The van der Waals surface area contributed by atoms with Crippen LogP contribution in [-0.4, -0.2) is 4.98 Å². The molecule has 0 fully saturated rings. The Labute approximate surface area is 121 Å². The van der Waals surface area contributed by atoms with Crippen molar-refractivity contribution in [2.24, 2.45) is 0 Å². The summed E-state index contributed by atoms with van der Waals surface area (Å²) in [5.41, 5.74) is 3.33. The fourth-order valence-electron chi connectivity index (χ4n) is 2.08. The summed E-state index contributed by atoms with van der Waals surface area (Å²) in [6.45, 7) is 0.738. The Morgan fingerprint density at radius 3 is 2.68 bits per heavy atom. The summed E-state index contributed by atoms with van der Waals surface area (Å²) >= 11 is 11.9. The molecule has 0 saturated carbocycles. The van der Waals surface area contributed by atoms with E-state index in [0.717, 1.165) is 17.7 Å². The number of benzene rings is 2. The van der Waals surface area contributed by atoms with Crippen LogP contribution in [0, 0.1) is 0 Å². The first-order chi connectivity index (χ1) is 9.24. The van der Waals surface area contributed by atoms with Gasteiger partial charge in [-0.3, -0.25) is 0 Å². The standard InChI is InChI=1S/C15H12Cl2N2/c16-13-6-5-11(7-14(13)17)18-8-10-9-19-15-4-2-1-3-12(10)15/h1-7,9,18-19H,8H2. The summed E-state index contributed by atoms with van der Waals surface area (Å²) < 4.78 is 0. The minimum atomic E-state index is 0.561. The number of fused-ring (bicyclic) bond motifs is 1. The van der Waals surface area contributed by atoms with Crippen LogP contribution in [0.15, 0.2) is 48.7 Å². The Morgan fingerprint density at radius 2 is 1.84 bits per heavy atom. The molecule has 19 heavy (non-hydrogen) atoms. The molecule has 1 aromatic heterocycles. The molecule has 0 aliphatic heterocycles. The summed E-state index contributed by atoms with van der Waals surface area (Å²) in [6.07, 6.45) is 2.02. The van der Waals surface area contributed by atoms with Crippen molar-refractivity contribution in [1.29, 1.82) is 0 Å². The van der Waals surface area contributed by atoms with E-state index in [4.69, 9.17) is 23.2 Å². The van der Waals surface area contributed by atoms with Crippen LogP contribution in [0.5, 0.6) is 0 Å². The van der Waals surface area contributed by atoms with Crippen molar-refractivity contribution in [1.82, 2.24) is 4.98 Å². The molecule has 3 aromatic rings. The molecule has 2 N–H and O–H groups in total. The third-order valence-corrected chi connectivity index (χ3v) is 3.82. The van der Waals surface area contributed by atoms with E-state index in [9.17, 15) is 0 Å². The molecule has 0 atom stereocenters. The lowest BCUT2D eigenvalue weighted by Crippen LogP contribution is -1.98. The van der Waals surface area contributed by atoms with Crippen molar-refractivity contribution in [2.75, 3.05) is 5.32 Å². The SMILES string of the molecule is Clc1ccc(NCc2c[nH]c3ccccc23)cc1Cl. The van der Waals surface area contributed by atoms with Gasteiger partial charge in [0.25, 0.3) is 0 Å². The zero-order valence-electron chi connectivity index (χ0n) is 10.1. The lowest BCUT2D eigenvalue weighted by Gasteiger charge is -2.06. The van der Waals surface area contributed by atoms with Crippen LogP contribution >= 0.6 is 23.2 Å². The highest BCUT2D eigenvalue weighted by atomic mass is 35.5. The normalized spacial score (nSPS) is 10.8. The van der Waals surface area contributed by atoms with E-state index in [1.807, 2.05) is 30.5 Å². The number of halogens is 2. The van der Waals surface area contributed by atoms with Crippen LogP contribution in [0.3, 0.4) is 0 Å². The van der Waals surface area contributed by atoms with E-state index in [2.05, 4.69) is 22.4 Å². The highest BCUT2D eigenvalue weighted by molar-refractivity contribution is 6.42. The number of hydrogen-bond acceptors (Lipinski definition) is 1. The van der Waals surface area contributed by atoms with Gasteiger partial charge in [-0.2, -0.15) is 0 Å². The van der Waals surface area contributed by atoms with Gasteiger partial charge < -0.3 is 10.3 Å². The lowest BCUT2D eigenvalue weighted by molar-refractivity contribution is 1.16. The number of aromatic nitrogens is 1. The van der Waals surface area contributed by atoms with Crippen LogP contribution in [0.4, 0.5) is 5.69 Å². The topological polar surface area (TPSA) is 27.8 Å². The van der Waals surface area contributed by atoms with Crippen molar-refractivity contribution in [3.8, 4) is 0 Å². The molecule has 2 aromatic carbocycles. The molecule has 2 nitrogen and oxygen atoms in total. The van der Waals surface area contributed by atoms with Crippen LogP contribution in [0.25, 0.3) is 10.9 Å². The van der Waals surface area contributed by atoms with Crippen LogP contribution in [0.2, 0.25) is 10.0 Å². The first-order valence-corrected chi connectivity index (χ1v) is 6.73. The first kappa shape index (κ1) is 12.4. The number of para-hydroxylation sites is 1. The number of hydrogen-bond donors (Lipinski definition) is 2. The Kier molecular flexibility index (Phi) is 3.36. The molecular formula is C15H12Cl2N2. The highest BCUT2D eigenvalue weighted by Gasteiger charge is 2.03. The fourth-order valence-corrected chi connectivity index (χ4v) is 2.38. The summed E-state index contributed by atoms with van der Waals surface area (Å²) in [5.74, 6) is 0. The fraction of sp³-hybridized carbons (Fsp3) is 0.0667. The van der Waals surface area contributed by atoms with Crippen molar-refractivity contribution in [3.63, 3.8) is 0 Å². The van der Waals surface area contributed by atoms with Gasteiger partial charge in [-0.1, -0.05) is 41.4 Å². The molecule has 96 valence electrons. The predicted octanol–water partition coefficient (Wildman–Crippen LogP) is 5.09. The first-order valence-electron chi connectivity index (χ1n) is 5.98. The molecule has 3 rings (SSSR count). The molecule has 0 unspecified atom stereocenters. The van der Waals surface area contributed by atoms with E-state index in [1.165, 1.54) is 10.9 Å². The third kappa shape index (κ3) is 2.55. The Hall–Kier alpha value is -1.64. The molecular weight excluding hydrogens is 279 g/mol. The largest absolute Gasteiger partial charge is 0.381 e. The number of nitrogens with one attached hydrogen (secondary N) is 2. The van der Waals surface area contributed by atoms with E-state index in [0.29, 0.717) is 10.0 Å². The van der Waals surface area contributed by atoms with Gasteiger partial charge in [-0.15, -0.1) is 0 Å². The number of rotatable bonds is 3. The van der Waals surface area contributed by atoms with E-state index >= 15 is 0 Å². The predicted molar refractivity (Wildman–Crippen MR) is 82.1 cm³/mol. The van der Waals surface area contributed by atoms with Crippen LogP contribution in [-0.2, 0) is 6.54 Å². The molecule has 0 bridgehead atoms. The van der Waals surface area contributed by atoms with Crippen molar-refractivity contribution >= 4 is 39.8 Å². The Morgan fingerprint density at radius 1 is 1.00 bits per heavy atom. The third-order valence-electron chi connectivity index (χ3n) is 3.08. The summed E-state index contributed by atoms with van der Waals surface area (Å²) in [4.78, 5) is 3.26. The number of anilines is 1. The van der Waals surface area contributed by atoms with Crippen molar-refractivity contribution < 1.29 is 0 Å². The maximum absolute atomic E-state index is 5.99. The summed E-state index contributed by atoms with van der Waals surface area (Å²) in [6, 6.07) is 13.8. The second-order valence-electron chi connectivity index (χ2n) is 4.34. The Balaban J connectivity index is 1.80. The van der Waals surface area contributed by atoms with Crippen LogP contribution < -0.4 is 5.32 Å². The zero-order valence-corrected chi connectivity index (χ0v) is 11.6. The van der Waals surface area contributed by atoms with E-state index in [-0.39, 0.29) is 0 Å². The van der Waals surface area contributed by atoms with E-state index in [1.54, 1.807) is 6.07 Å². The molecule has 0 radical (unpaired) electrons. The molecule has 1 heterocycles. The van der Waals surface area contributed by atoms with Gasteiger partial charge in [0.05, 0.1) is 10.0 Å². The van der Waals surface area contributed by atoms with Gasteiger partial charge in [0.15, 0.2) is 0 Å². The molecule has 4 heteroatoms. The van der Waals surface area contributed by atoms with Gasteiger partial charge in [0, 0.05) is 29.3 Å². The zero-order chi connectivity index (χ0) is 13.2. The van der Waals surface area contributed by atoms with Crippen LogP contribution in [0.1, 0.15) is 5.56 Å². The molecule has 0 spiro atoms. The average Bonchev–Trinajstić information content (AvgIpc) is 2.83. The Bertz CT molecular complexity index is 719. The van der Waals surface area contributed by atoms with Gasteiger partial charge in [-0.05, 0) is 29.8 Å². The molecule has 0 aliphatic carbocycles. The second kappa shape index (κ2) is 5.16. The maximum Gasteiger partial charge on any atom is 0.0612 e. The van der Waals surface area contributed by atoms with Gasteiger partial charge >= 0.3 is 0 Å². The average molecular weight is 291 g/mol. The molecule has 0 saturated heterocycles. The van der Waals surface area contributed by atoms with E-state index < -0.39 is 0 Å². The number of H-pyrrole nitrogens is 1. The minimum Gasteiger partial charge on any atom is -0.381 e. The second-order valence-corrected chi connectivity index (χ2v) is 5.16. The lowest BCUT2D eigenvalue weighted by atomic mass is 10.2. The van der Waals surface area contributed by atoms with Gasteiger partial charge in [0.1, 0.15) is 0 Å².